The SMILES string of the molecule is Cc1cccc2c(Cl)nc(-c3cc(F)cc(F)c3)nc12. The molecule has 20 heavy (non-hydrogen) atoms. The summed E-state index contributed by atoms with van der Waals surface area (Å²) in [6.45, 7) is 1.89. The Bertz CT molecular complexity index is 798. The summed E-state index contributed by atoms with van der Waals surface area (Å²) in [7, 11) is 0. The second-order valence-electron chi connectivity index (χ2n) is 4.47. The maximum absolute atomic E-state index is 13.3. The largest absolute Gasteiger partial charge is 0.228 e. The third-order valence-corrected chi connectivity index (χ3v) is 3.29. The van der Waals surface area contributed by atoms with E-state index in [1.165, 1.54) is 12.1 Å². The van der Waals surface area contributed by atoms with Gasteiger partial charge < -0.3 is 0 Å². The first-order valence-electron chi connectivity index (χ1n) is 5.94. The van der Waals surface area contributed by atoms with Crippen LogP contribution < -0.4 is 0 Å². The highest BCUT2D eigenvalue weighted by molar-refractivity contribution is 6.34. The van der Waals surface area contributed by atoms with Gasteiger partial charge in [-0.2, -0.15) is 0 Å². The van der Waals surface area contributed by atoms with Gasteiger partial charge in [0.25, 0.3) is 0 Å². The van der Waals surface area contributed by atoms with Gasteiger partial charge in [-0.05, 0) is 30.7 Å². The van der Waals surface area contributed by atoms with Crippen molar-refractivity contribution in [3.8, 4) is 11.4 Å². The van der Waals surface area contributed by atoms with E-state index in [9.17, 15) is 8.78 Å². The average Bonchev–Trinajstić information content (AvgIpc) is 2.38. The van der Waals surface area contributed by atoms with Crippen molar-refractivity contribution in [2.24, 2.45) is 0 Å². The lowest BCUT2D eigenvalue weighted by atomic mass is 10.1. The zero-order valence-electron chi connectivity index (χ0n) is 10.5. The Hall–Kier alpha value is -2.07. The third-order valence-electron chi connectivity index (χ3n) is 3.00. The number of nitrogens with zero attached hydrogens (tertiary/aromatic N) is 2. The predicted octanol–water partition coefficient (Wildman–Crippen LogP) is 4.54. The van der Waals surface area contributed by atoms with Gasteiger partial charge >= 0.3 is 0 Å². The van der Waals surface area contributed by atoms with E-state index in [1.807, 2.05) is 19.1 Å². The van der Waals surface area contributed by atoms with E-state index in [1.54, 1.807) is 6.07 Å². The predicted molar refractivity (Wildman–Crippen MR) is 74.6 cm³/mol. The fraction of sp³-hybridized carbons (Fsp3) is 0.0667. The summed E-state index contributed by atoms with van der Waals surface area (Å²) in [6, 6.07) is 8.71. The van der Waals surface area contributed by atoms with Crippen LogP contribution in [0.25, 0.3) is 22.3 Å². The second-order valence-corrected chi connectivity index (χ2v) is 4.83. The van der Waals surface area contributed by atoms with Crippen molar-refractivity contribution in [2.75, 3.05) is 0 Å². The molecule has 1 aromatic heterocycles. The number of fused-ring (bicyclic) bond motifs is 1. The minimum absolute atomic E-state index is 0.204. The van der Waals surface area contributed by atoms with Crippen LogP contribution in [-0.2, 0) is 0 Å². The van der Waals surface area contributed by atoms with Crippen LogP contribution >= 0.6 is 11.6 Å². The molecule has 0 bridgehead atoms. The lowest BCUT2D eigenvalue weighted by Gasteiger charge is -2.07. The maximum Gasteiger partial charge on any atom is 0.161 e. The van der Waals surface area contributed by atoms with E-state index in [2.05, 4.69) is 9.97 Å². The molecule has 3 rings (SSSR count). The Kier molecular flexibility index (Phi) is 3.10. The van der Waals surface area contributed by atoms with Crippen LogP contribution in [0.3, 0.4) is 0 Å². The summed E-state index contributed by atoms with van der Waals surface area (Å²) in [5, 5.41) is 0.977. The van der Waals surface area contributed by atoms with Gasteiger partial charge in [-0.1, -0.05) is 23.7 Å². The molecule has 0 N–H and O–H groups in total. The molecule has 2 aromatic carbocycles. The molecular weight excluding hydrogens is 282 g/mol. The molecule has 100 valence electrons. The Labute approximate surface area is 119 Å². The van der Waals surface area contributed by atoms with Crippen molar-refractivity contribution in [1.29, 1.82) is 0 Å². The third kappa shape index (κ3) is 2.23. The van der Waals surface area contributed by atoms with Gasteiger partial charge in [0.2, 0.25) is 0 Å². The first-order valence-corrected chi connectivity index (χ1v) is 6.32. The van der Waals surface area contributed by atoms with E-state index in [0.29, 0.717) is 10.9 Å². The number of benzene rings is 2. The molecule has 0 aliphatic carbocycles. The van der Waals surface area contributed by atoms with Gasteiger partial charge in [-0.15, -0.1) is 0 Å². The van der Waals surface area contributed by atoms with Crippen molar-refractivity contribution in [3.05, 3.63) is 58.7 Å². The summed E-state index contributed by atoms with van der Waals surface area (Å²) in [5.41, 5.74) is 1.85. The van der Waals surface area contributed by atoms with Crippen LogP contribution in [0.4, 0.5) is 8.78 Å². The first-order chi connectivity index (χ1) is 9.54. The molecule has 0 atom stereocenters. The highest BCUT2D eigenvalue weighted by Crippen LogP contribution is 2.27. The monoisotopic (exact) mass is 290 g/mol. The number of para-hydroxylation sites is 1. The summed E-state index contributed by atoms with van der Waals surface area (Å²) in [4.78, 5) is 8.48. The fourth-order valence-corrected chi connectivity index (χ4v) is 2.30. The zero-order chi connectivity index (χ0) is 14.3. The van der Waals surface area contributed by atoms with Crippen molar-refractivity contribution >= 4 is 22.5 Å². The minimum atomic E-state index is -0.676. The number of hydrogen-bond donors (Lipinski definition) is 0. The molecule has 1 heterocycles. The molecule has 0 saturated heterocycles. The number of aromatic nitrogens is 2. The molecule has 0 radical (unpaired) electrons. The van der Waals surface area contributed by atoms with Crippen LogP contribution in [-0.4, -0.2) is 9.97 Å². The van der Waals surface area contributed by atoms with Gasteiger partial charge in [0.05, 0.1) is 5.52 Å². The van der Waals surface area contributed by atoms with E-state index in [-0.39, 0.29) is 16.5 Å². The quantitative estimate of drug-likeness (QED) is 0.615. The van der Waals surface area contributed by atoms with Crippen molar-refractivity contribution < 1.29 is 8.78 Å². The lowest BCUT2D eigenvalue weighted by Crippen LogP contribution is -1.95. The summed E-state index contributed by atoms with van der Waals surface area (Å²) in [6.07, 6.45) is 0. The molecule has 2 nitrogen and oxygen atoms in total. The highest BCUT2D eigenvalue weighted by atomic mass is 35.5. The fourth-order valence-electron chi connectivity index (χ4n) is 2.07. The van der Waals surface area contributed by atoms with Crippen LogP contribution in [0, 0.1) is 18.6 Å². The normalized spacial score (nSPS) is 11.0. The molecule has 0 saturated carbocycles. The zero-order valence-corrected chi connectivity index (χ0v) is 11.2. The molecule has 0 fully saturated rings. The smallest absolute Gasteiger partial charge is 0.161 e. The summed E-state index contributed by atoms with van der Waals surface area (Å²) in [5.74, 6) is -1.15. The van der Waals surface area contributed by atoms with Gasteiger partial charge in [-0.25, -0.2) is 18.7 Å². The Morgan fingerprint density at radius 2 is 1.70 bits per heavy atom. The average molecular weight is 291 g/mol. The molecule has 0 aliphatic heterocycles. The minimum Gasteiger partial charge on any atom is -0.228 e. The Morgan fingerprint density at radius 3 is 2.40 bits per heavy atom. The standard InChI is InChI=1S/C15H9ClF2N2/c1-8-3-2-4-12-13(8)19-15(20-14(12)16)9-5-10(17)7-11(18)6-9/h2-7H,1H3. The molecule has 0 amide bonds. The van der Waals surface area contributed by atoms with Gasteiger partial charge in [0, 0.05) is 17.0 Å². The Morgan fingerprint density at radius 1 is 1.00 bits per heavy atom. The highest BCUT2D eigenvalue weighted by Gasteiger charge is 2.11. The van der Waals surface area contributed by atoms with E-state index < -0.39 is 11.6 Å². The molecule has 3 aromatic rings. The number of hydrogen-bond acceptors (Lipinski definition) is 2. The van der Waals surface area contributed by atoms with Crippen molar-refractivity contribution in [2.45, 2.75) is 6.92 Å². The number of aryl methyl sites for hydroxylation is 1. The summed E-state index contributed by atoms with van der Waals surface area (Å²) < 4.78 is 26.6. The molecule has 0 spiro atoms. The van der Waals surface area contributed by atoms with E-state index >= 15 is 0 Å². The molecule has 5 heteroatoms. The van der Waals surface area contributed by atoms with E-state index in [4.69, 9.17) is 11.6 Å². The van der Waals surface area contributed by atoms with Crippen LogP contribution in [0.2, 0.25) is 5.15 Å². The second kappa shape index (κ2) is 4.80. The van der Waals surface area contributed by atoms with Gasteiger partial charge in [0.1, 0.15) is 16.8 Å². The topological polar surface area (TPSA) is 25.8 Å². The van der Waals surface area contributed by atoms with Crippen LogP contribution in [0.5, 0.6) is 0 Å². The van der Waals surface area contributed by atoms with E-state index in [0.717, 1.165) is 11.6 Å². The molecular formula is C15H9ClF2N2. The number of halogens is 3. The van der Waals surface area contributed by atoms with Gasteiger partial charge in [0.15, 0.2) is 5.82 Å². The van der Waals surface area contributed by atoms with Crippen LogP contribution in [0.15, 0.2) is 36.4 Å². The lowest BCUT2D eigenvalue weighted by molar-refractivity contribution is 0.584. The first kappa shape index (κ1) is 12.9. The molecule has 0 aliphatic rings. The maximum atomic E-state index is 13.3. The van der Waals surface area contributed by atoms with Crippen molar-refractivity contribution in [1.82, 2.24) is 9.97 Å². The van der Waals surface area contributed by atoms with Crippen molar-refractivity contribution in [3.63, 3.8) is 0 Å². The molecule has 0 unspecified atom stereocenters. The number of rotatable bonds is 1. The summed E-state index contributed by atoms with van der Waals surface area (Å²) >= 11 is 6.13. The Balaban J connectivity index is 2.29. The van der Waals surface area contributed by atoms with Gasteiger partial charge in [-0.3, -0.25) is 0 Å². The van der Waals surface area contributed by atoms with Crippen LogP contribution in [0.1, 0.15) is 5.56 Å².